The molecule has 1 rings (SSSR count). The summed E-state index contributed by atoms with van der Waals surface area (Å²) in [6.07, 6.45) is -1.14. The van der Waals surface area contributed by atoms with Gasteiger partial charge in [0.25, 0.3) is 0 Å². The van der Waals surface area contributed by atoms with E-state index in [1.165, 1.54) is 0 Å². The second-order valence-corrected chi connectivity index (χ2v) is 2.15. The van der Waals surface area contributed by atoms with Crippen LogP contribution in [0.15, 0.2) is 0 Å². The standard InChI is InChI=1S/C5H8NO3/c7-4-1-2-6(3-4)5(8)9/h4,7H,1-3H2/t4-/m1/s1. The zero-order valence-electron chi connectivity index (χ0n) is 4.91. The van der Waals surface area contributed by atoms with Gasteiger partial charge in [-0.25, -0.2) is 9.90 Å². The molecule has 0 saturated carbocycles. The van der Waals surface area contributed by atoms with Crippen LogP contribution in [-0.4, -0.2) is 35.3 Å². The van der Waals surface area contributed by atoms with Crippen molar-refractivity contribution in [1.29, 1.82) is 0 Å². The Balaban J connectivity index is 2.39. The second kappa shape index (κ2) is 2.23. The van der Waals surface area contributed by atoms with Gasteiger partial charge in [0.1, 0.15) is 0 Å². The number of β-amino-alcohol motifs (C(OH)–C–C–N with tert-alkyl or cyclic N) is 1. The topological polar surface area (TPSA) is 60.4 Å². The predicted octanol–water partition coefficient (Wildman–Crippen LogP) is -0.397. The number of hydrogen-bond donors (Lipinski definition) is 1. The second-order valence-electron chi connectivity index (χ2n) is 2.15. The lowest BCUT2D eigenvalue weighted by Crippen LogP contribution is -2.26. The van der Waals surface area contributed by atoms with Crippen LogP contribution in [0.1, 0.15) is 6.42 Å². The maximum Gasteiger partial charge on any atom is 0.453 e. The number of nitrogens with zero attached hydrogens (tertiary/aromatic N) is 1. The van der Waals surface area contributed by atoms with Crippen molar-refractivity contribution in [2.75, 3.05) is 13.1 Å². The van der Waals surface area contributed by atoms with E-state index in [0.717, 1.165) is 4.90 Å². The number of amides is 1. The van der Waals surface area contributed by atoms with Crippen LogP contribution in [0.5, 0.6) is 0 Å². The molecule has 1 N–H and O–H groups in total. The van der Waals surface area contributed by atoms with Crippen LogP contribution in [0.25, 0.3) is 0 Å². The fraction of sp³-hybridized carbons (Fsp3) is 0.800. The average Bonchev–Trinajstić information content (AvgIpc) is 2.14. The Labute approximate surface area is 52.7 Å². The number of carbonyl (C=O) groups is 1. The van der Waals surface area contributed by atoms with Gasteiger partial charge in [0.2, 0.25) is 0 Å². The molecule has 1 atom stereocenters. The van der Waals surface area contributed by atoms with Gasteiger partial charge >= 0.3 is 6.09 Å². The summed E-state index contributed by atoms with van der Waals surface area (Å²) >= 11 is 0. The summed E-state index contributed by atoms with van der Waals surface area (Å²) in [5, 5.41) is 18.9. The van der Waals surface area contributed by atoms with E-state index in [9.17, 15) is 9.90 Å². The lowest BCUT2D eigenvalue weighted by Gasteiger charge is -2.06. The number of likely N-dealkylation sites (tertiary alicyclic amines) is 1. The molecule has 1 amide bonds. The molecule has 9 heavy (non-hydrogen) atoms. The summed E-state index contributed by atoms with van der Waals surface area (Å²) in [7, 11) is 0. The smallest absolute Gasteiger partial charge is 0.391 e. The normalized spacial score (nSPS) is 26.8. The summed E-state index contributed by atoms with van der Waals surface area (Å²) in [4.78, 5) is 11.2. The van der Waals surface area contributed by atoms with Crippen molar-refractivity contribution < 1.29 is 15.0 Å². The summed E-state index contributed by atoms with van der Waals surface area (Å²) < 4.78 is 0. The predicted molar refractivity (Wildman–Crippen MR) is 28.3 cm³/mol. The van der Waals surface area contributed by atoms with Gasteiger partial charge in [0, 0.05) is 6.54 Å². The minimum Gasteiger partial charge on any atom is -0.391 e. The molecule has 1 fully saturated rings. The third kappa shape index (κ3) is 1.32. The summed E-state index contributed by atoms with van der Waals surface area (Å²) in [5.41, 5.74) is 0. The minimum absolute atomic E-state index is 0.211. The van der Waals surface area contributed by atoms with Gasteiger partial charge in [-0.2, -0.15) is 0 Å². The van der Waals surface area contributed by atoms with Crippen LogP contribution in [0.3, 0.4) is 0 Å². The molecule has 1 aliphatic rings. The highest BCUT2D eigenvalue weighted by molar-refractivity contribution is 5.64. The van der Waals surface area contributed by atoms with E-state index in [0.29, 0.717) is 13.0 Å². The fourth-order valence-electron chi connectivity index (χ4n) is 0.908. The first-order valence-corrected chi connectivity index (χ1v) is 2.84. The lowest BCUT2D eigenvalue weighted by molar-refractivity contribution is 0.119. The molecule has 0 aromatic rings. The fourth-order valence-corrected chi connectivity index (χ4v) is 0.908. The Hall–Kier alpha value is -0.770. The van der Waals surface area contributed by atoms with Crippen molar-refractivity contribution in [3.05, 3.63) is 0 Å². The molecule has 0 aliphatic carbocycles. The first-order chi connectivity index (χ1) is 4.20. The molecule has 0 unspecified atom stereocenters. The number of rotatable bonds is 0. The molecule has 1 aliphatic heterocycles. The van der Waals surface area contributed by atoms with Crippen molar-refractivity contribution in [3.8, 4) is 0 Å². The number of carbonyl (C=O) groups excluding carboxylic acids is 1. The van der Waals surface area contributed by atoms with E-state index >= 15 is 0 Å². The largest absolute Gasteiger partial charge is 0.453 e. The van der Waals surface area contributed by atoms with E-state index in [1.54, 1.807) is 0 Å². The number of aliphatic hydroxyl groups excluding tert-OH is 1. The highest BCUT2D eigenvalue weighted by atomic mass is 16.4. The van der Waals surface area contributed by atoms with Gasteiger partial charge in [-0.3, -0.25) is 0 Å². The van der Waals surface area contributed by atoms with Crippen LogP contribution >= 0.6 is 0 Å². The van der Waals surface area contributed by atoms with Gasteiger partial charge in [-0.15, -0.1) is 0 Å². The summed E-state index contributed by atoms with van der Waals surface area (Å²) in [6, 6.07) is 0. The quantitative estimate of drug-likeness (QED) is 0.485. The SMILES string of the molecule is [O]C(=O)N1CC[C@@H](O)C1. The van der Waals surface area contributed by atoms with E-state index in [4.69, 9.17) is 5.11 Å². The van der Waals surface area contributed by atoms with E-state index in [1.807, 2.05) is 0 Å². The number of aliphatic hydroxyl groups is 1. The zero-order chi connectivity index (χ0) is 6.85. The molecule has 0 bridgehead atoms. The molecular weight excluding hydrogens is 122 g/mol. The Morgan fingerprint density at radius 2 is 2.33 bits per heavy atom. The first kappa shape index (κ1) is 6.35. The van der Waals surface area contributed by atoms with Crippen LogP contribution < -0.4 is 0 Å². The molecule has 4 nitrogen and oxygen atoms in total. The highest BCUT2D eigenvalue weighted by Gasteiger charge is 2.24. The van der Waals surface area contributed by atoms with Gasteiger partial charge < -0.3 is 10.0 Å². The Bertz CT molecular complexity index is 125. The maximum absolute atomic E-state index is 10.1. The Kier molecular flexibility index (Phi) is 1.57. The highest BCUT2D eigenvalue weighted by Crippen LogP contribution is 2.07. The van der Waals surface area contributed by atoms with Crippen molar-refractivity contribution in [2.24, 2.45) is 0 Å². The minimum atomic E-state index is -1.19. The van der Waals surface area contributed by atoms with Crippen molar-refractivity contribution in [3.63, 3.8) is 0 Å². The number of hydrogen-bond acceptors (Lipinski definition) is 2. The van der Waals surface area contributed by atoms with Crippen molar-refractivity contribution in [2.45, 2.75) is 12.5 Å². The first-order valence-electron chi connectivity index (χ1n) is 2.84. The molecule has 1 heterocycles. The Morgan fingerprint density at radius 3 is 2.56 bits per heavy atom. The van der Waals surface area contributed by atoms with E-state index in [2.05, 4.69) is 0 Å². The van der Waals surface area contributed by atoms with E-state index in [-0.39, 0.29) is 6.54 Å². The van der Waals surface area contributed by atoms with Crippen molar-refractivity contribution in [1.82, 2.24) is 4.90 Å². The third-order valence-electron chi connectivity index (χ3n) is 1.42. The molecular formula is C5H8NO3. The van der Waals surface area contributed by atoms with Gasteiger partial charge in [0.15, 0.2) is 0 Å². The maximum atomic E-state index is 10.1. The van der Waals surface area contributed by atoms with Crippen LogP contribution in [-0.2, 0) is 5.11 Å². The lowest BCUT2D eigenvalue weighted by atomic mass is 10.3. The summed E-state index contributed by atoms with van der Waals surface area (Å²) in [5.74, 6) is 0. The molecule has 0 aromatic carbocycles. The van der Waals surface area contributed by atoms with E-state index < -0.39 is 12.2 Å². The molecule has 1 saturated heterocycles. The third-order valence-corrected chi connectivity index (χ3v) is 1.42. The van der Waals surface area contributed by atoms with Gasteiger partial charge in [-0.1, -0.05) is 0 Å². The van der Waals surface area contributed by atoms with Crippen LogP contribution in [0.4, 0.5) is 4.79 Å². The van der Waals surface area contributed by atoms with Crippen LogP contribution in [0.2, 0.25) is 0 Å². The van der Waals surface area contributed by atoms with Gasteiger partial charge in [0.05, 0.1) is 12.6 Å². The summed E-state index contributed by atoms with van der Waals surface area (Å²) in [6.45, 7) is 0.617. The monoisotopic (exact) mass is 130 g/mol. The Morgan fingerprint density at radius 1 is 1.67 bits per heavy atom. The molecule has 4 heteroatoms. The average molecular weight is 130 g/mol. The zero-order valence-corrected chi connectivity index (χ0v) is 4.91. The van der Waals surface area contributed by atoms with Crippen LogP contribution in [0, 0.1) is 0 Å². The molecule has 1 radical (unpaired) electrons. The molecule has 0 aromatic heterocycles. The molecule has 51 valence electrons. The molecule has 0 spiro atoms. The van der Waals surface area contributed by atoms with Gasteiger partial charge in [-0.05, 0) is 6.42 Å². The van der Waals surface area contributed by atoms with Crippen molar-refractivity contribution >= 4 is 6.09 Å².